The van der Waals surface area contributed by atoms with Crippen LogP contribution in [0.1, 0.15) is 49.4 Å². The van der Waals surface area contributed by atoms with Gasteiger partial charge in [-0.2, -0.15) is 4.98 Å². The van der Waals surface area contributed by atoms with Gasteiger partial charge in [-0.15, -0.1) is 5.10 Å². The van der Waals surface area contributed by atoms with Gasteiger partial charge in [0.1, 0.15) is 18.5 Å². The first-order chi connectivity index (χ1) is 20.6. The number of allylic oxidation sites excluding steroid dienone is 2. The van der Waals surface area contributed by atoms with Gasteiger partial charge in [0.05, 0.1) is 12.1 Å². The van der Waals surface area contributed by atoms with Gasteiger partial charge >= 0.3 is 0 Å². The van der Waals surface area contributed by atoms with E-state index in [0.717, 1.165) is 16.8 Å². The van der Waals surface area contributed by atoms with Crippen LogP contribution in [0.15, 0.2) is 77.1 Å². The monoisotopic (exact) mass is 638 g/mol. The summed E-state index contributed by atoms with van der Waals surface area (Å²) in [7, 11) is 1.54. The summed E-state index contributed by atoms with van der Waals surface area (Å²) in [6.45, 7) is 4.11. The normalized spacial score (nSPS) is 17.3. The fraction of sp³-hybridized carbons (Fsp3) is 0.281. The summed E-state index contributed by atoms with van der Waals surface area (Å²) >= 11 is 14.0. The molecule has 1 aliphatic carbocycles. The van der Waals surface area contributed by atoms with E-state index in [9.17, 15) is 9.18 Å². The molecule has 0 radical (unpaired) electrons. The molecule has 222 valence electrons. The summed E-state index contributed by atoms with van der Waals surface area (Å²) in [5.74, 6) is 1.62. The Kier molecular flexibility index (Phi) is 8.15. The van der Waals surface area contributed by atoms with E-state index in [1.165, 1.54) is 24.9 Å². The first-order valence-electron chi connectivity index (χ1n) is 13.7. The van der Waals surface area contributed by atoms with Crippen LogP contribution in [-0.2, 0) is 17.2 Å². The molecule has 43 heavy (non-hydrogen) atoms. The number of ether oxygens (including phenoxy) is 2. The lowest BCUT2D eigenvalue weighted by Crippen LogP contribution is -2.36. The van der Waals surface area contributed by atoms with Gasteiger partial charge in [0.15, 0.2) is 17.3 Å². The van der Waals surface area contributed by atoms with Crippen molar-refractivity contribution < 1.29 is 18.7 Å². The smallest absolute Gasteiger partial charge is 0.227 e. The Morgan fingerprint density at radius 2 is 1.86 bits per heavy atom. The average molecular weight is 640 g/mol. The number of ketones is 1. The third-order valence-corrected chi connectivity index (χ3v) is 9.17. The number of carbonyl (C=O) groups excluding carboxylic acids is 1. The van der Waals surface area contributed by atoms with Crippen LogP contribution in [0.2, 0.25) is 10.0 Å². The Hall–Kier alpha value is -3.53. The van der Waals surface area contributed by atoms with Crippen molar-refractivity contribution in [3.8, 4) is 11.5 Å². The van der Waals surface area contributed by atoms with E-state index in [0.29, 0.717) is 51.8 Å². The molecule has 0 amide bonds. The third kappa shape index (κ3) is 5.98. The summed E-state index contributed by atoms with van der Waals surface area (Å²) in [5.41, 5.74) is 3.34. The number of fused-ring (bicyclic) bond motifs is 1. The van der Waals surface area contributed by atoms with Crippen LogP contribution in [0.3, 0.4) is 0 Å². The Morgan fingerprint density at radius 1 is 1.07 bits per heavy atom. The molecule has 4 aromatic rings. The van der Waals surface area contributed by atoms with Crippen LogP contribution in [0.5, 0.6) is 11.5 Å². The van der Waals surface area contributed by atoms with Gasteiger partial charge in [-0.1, -0.05) is 79.1 Å². The van der Waals surface area contributed by atoms with E-state index < -0.39 is 11.9 Å². The second-order valence-electron chi connectivity index (χ2n) is 11.3. The highest BCUT2D eigenvalue weighted by atomic mass is 35.5. The summed E-state index contributed by atoms with van der Waals surface area (Å²) in [4.78, 5) is 18.4. The molecule has 0 saturated carbocycles. The molecule has 0 fully saturated rings. The number of hydrogen-bond donors (Lipinski definition) is 1. The lowest BCUT2D eigenvalue weighted by Gasteiger charge is -2.38. The van der Waals surface area contributed by atoms with E-state index in [1.54, 1.807) is 22.9 Å². The van der Waals surface area contributed by atoms with Crippen LogP contribution in [-0.4, -0.2) is 27.7 Å². The van der Waals surface area contributed by atoms with Crippen molar-refractivity contribution in [3.63, 3.8) is 0 Å². The minimum absolute atomic E-state index is 0.0589. The zero-order valence-electron chi connectivity index (χ0n) is 23.8. The zero-order valence-corrected chi connectivity index (χ0v) is 26.1. The predicted molar refractivity (Wildman–Crippen MR) is 167 cm³/mol. The number of nitrogens with one attached hydrogen (secondary N) is 1. The molecule has 7 nitrogen and oxygen atoms in total. The van der Waals surface area contributed by atoms with Crippen molar-refractivity contribution in [1.29, 1.82) is 0 Å². The van der Waals surface area contributed by atoms with Crippen molar-refractivity contribution in [1.82, 2.24) is 14.8 Å². The molecule has 11 heteroatoms. The Morgan fingerprint density at radius 3 is 2.63 bits per heavy atom. The zero-order chi connectivity index (χ0) is 30.3. The summed E-state index contributed by atoms with van der Waals surface area (Å²) in [6, 6.07) is 17.1. The number of carbonyl (C=O) groups is 1. The maximum atomic E-state index is 14.3. The molecule has 6 rings (SSSR count). The predicted octanol–water partition coefficient (Wildman–Crippen LogP) is 8.26. The molecule has 1 atom stereocenters. The highest BCUT2D eigenvalue weighted by Gasteiger charge is 2.42. The average Bonchev–Trinajstić information content (AvgIpc) is 3.37. The van der Waals surface area contributed by atoms with Crippen LogP contribution >= 0.6 is 35.0 Å². The Labute approximate surface area is 263 Å². The highest BCUT2D eigenvalue weighted by molar-refractivity contribution is 7.98. The largest absolute Gasteiger partial charge is 0.493 e. The second kappa shape index (κ2) is 11.9. The number of aromatic nitrogens is 3. The van der Waals surface area contributed by atoms with Crippen molar-refractivity contribution in [2.75, 3.05) is 12.4 Å². The minimum Gasteiger partial charge on any atom is -0.493 e. The highest BCUT2D eigenvalue weighted by Crippen LogP contribution is 2.47. The van der Waals surface area contributed by atoms with Gasteiger partial charge in [-0.3, -0.25) is 4.79 Å². The number of methoxy groups -OCH3 is 1. The fourth-order valence-electron chi connectivity index (χ4n) is 5.51. The van der Waals surface area contributed by atoms with Crippen LogP contribution in [0.4, 0.5) is 10.3 Å². The number of benzene rings is 3. The second-order valence-corrected chi connectivity index (χ2v) is 13.1. The Bertz CT molecular complexity index is 1740. The van der Waals surface area contributed by atoms with Gasteiger partial charge in [0.2, 0.25) is 11.1 Å². The Balaban J connectivity index is 1.35. The van der Waals surface area contributed by atoms with E-state index in [4.69, 9.17) is 42.8 Å². The molecule has 0 bridgehead atoms. The van der Waals surface area contributed by atoms with Crippen LogP contribution < -0.4 is 14.8 Å². The van der Waals surface area contributed by atoms with Crippen molar-refractivity contribution in [2.45, 2.75) is 50.2 Å². The minimum atomic E-state index is -0.527. The van der Waals surface area contributed by atoms with Gasteiger partial charge < -0.3 is 14.8 Å². The van der Waals surface area contributed by atoms with Crippen LogP contribution in [0.25, 0.3) is 0 Å². The topological polar surface area (TPSA) is 78.3 Å². The van der Waals surface area contributed by atoms with Crippen molar-refractivity contribution in [2.24, 2.45) is 5.41 Å². The summed E-state index contributed by atoms with van der Waals surface area (Å²) in [5, 5.41) is 9.78. The molecule has 0 spiro atoms. The molecule has 0 saturated heterocycles. The molecule has 2 aliphatic rings. The van der Waals surface area contributed by atoms with Crippen molar-refractivity contribution in [3.05, 3.63) is 104 Å². The lowest BCUT2D eigenvalue weighted by atomic mass is 9.73. The maximum Gasteiger partial charge on any atom is 0.227 e. The standard InChI is InChI=1S/C32H29Cl2FN4O3S/c1-32(2)14-24-28(25(40)15-32)29(39-30(36-24)37-31(38-39)43-17-19-7-4-5-8-21(19)33)18-11-12-26(27(13-18)41-3)42-16-20-22(34)9-6-10-23(20)35/h4-13,29H,14-17H2,1-3H3,(H,36,37,38). The van der Waals surface area contributed by atoms with Gasteiger partial charge in [-0.05, 0) is 53.3 Å². The van der Waals surface area contributed by atoms with E-state index >= 15 is 0 Å². The number of Topliss-reactive ketones (excluding diaryl/α,β-unsaturated/α-hetero) is 1. The fourth-order valence-corrected chi connectivity index (χ4v) is 6.84. The molecule has 2 heterocycles. The van der Waals surface area contributed by atoms with E-state index in [-0.39, 0.29) is 28.4 Å². The van der Waals surface area contributed by atoms with Gasteiger partial charge in [0.25, 0.3) is 0 Å². The first-order valence-corrected chi connectivity index (χ1v) is 15.5. The van der Waals surface area contributed by atoms with E-state index in [2.05, 4.69) is 19.2 Å². The molecular formula is C32H29Cl2FN4O3S. The number of thioether (sulfide) groups is 1. The lowest BCUT2D eigenvalue weighted by molar-refractivity contribution is -0.118. The summed E-state index contributed by atoms with van der Waals surface area (Å²) < 4.78 is 27.7. The van der Waals surface area contributed by atoms with Gasteiger partial charge in [-0.25, -0.2) is 9.07 Å². The van der Waals surface area contributed by atoms with Crippen LogP contribution in [0, 0.1) is 11.2 Å². The quantitative estimate of drug-likeness (QED) is 0.195. The number of hydrogen-bond acceptors (Lipinski definition) is 7. The number of halogens is 3. The molecule has 1 aromatic heterocycles. The van der Waals surface area contributed by atoms with Crippen molar-refractivity contribution >= 4 is 46.7 Å². The number of rotatable bonds is 8. The maximum absolute atomic E-state index is 14.3. The molecule has 3 aromatic carbocycles. The SMILES string of the molecule is COc1cc(C2C3=C(CC(C)(C)CC3=O)Nc3nc(SCc4ccccc4Cl)nn32)ccc1OCc1c(F)cccc1Cl. The molecular weight excluding hydrogens is 610 g/mol. The number of anilines is 1. The van der Waals surface area contributed by atoms with E-state index in [1.807, 2.05) is 36.4 Å². The third-order valence-electron chi connectivity index (χ3n) is 7.56. The number of nitrogens with zero attached hydrogens (tertiary/aromatic N) is 3. The molecule has 1 N–H and O–H groups in total. The molecule has 1 aliphatic heterocycles. The van der Waals surface area contributed by atoms with Gasteiger partial charge in [0, 0.05) is 34.0 Å². The first kappa shape index (κ1) is 29.5. The molecule has 1 unspecified atom stereocenters. The summed E-state index contributed by atoms with van der Waals surface area (Å²) in [6.07, 6.45) is 1.12.